The third-order valence-corrected chi connectivity index (χ3v) is 7.43. The van der Waals surface area contributed by atoms with E-state index in [1.54, 1.807) is 0 Å². The molecule has 0 saturated carbocycles. The summed E-state index contributed by atoms with van der Waals surface area (Å²) in [5, 5.41) is 9.04. The molecule has 0 radical (unpaired) electrons. The molecule has 6 rings (SSSR count). The smallest absolute Gasteiger partial charge is 0.0590 e. The highest BCUT2D eigenvalue weighted by Gasteiger charge is 2.12. The quantitative estimate of drug-likeness (QED) is 0.319. The summed E-state index contributed by atoms with van der Waals surface area (Å²) in [6.07, 6.45) is 0. The van der Waals surface area contributed by atoms with Crippen LogP contribution in [0, 0.1) is 0 Å². The second-order valence-corrected chi connectivity index (χ2v) is 8.82. The first-order chi connectivity index (χ1) is 13.4. The lowest BCUT2D eigenvalue weighted by molar-refractivity contribution is 1.65. The number of nitrogens with one attached hydrogen (secondary N) is 1. The molecule has 0 spiro atoms. The second-order valence-electron chi connectivity index (χ2n) is 6.68. The Morgan fingerprint density at radius 2 is 1.11 bits per heavy atom. The van der Waals surface area contributed by atoms with Crippen LogP contribution in [0.3, 0.4) is 0 Å². The fraction of sp³-hybridized carbons (Fsp3) is 0. The van der Waals surface area contributed by atoms with Gasteiger partial charge in [0.1, 0.15) is 0 Å². The predicted molar refractivity (Wildman–Crippen MR) is 122 cm³/mol. The van der Waals surface area contributed by atoms with Crippen LogP contribution in [0.2, 0.25) is 0 Å². The Morgan fingerprint density at radius 3 is 2.00 bits per heavy atom. The lowest BCUT2D eigenvalue weighted by atomic mass is 10.1. The molecular weight excluding hydrogens is 366 g/mol. The summed E-state index contributed by atoms with van der Waals surface area (Å²) in [5.41, 5.74) is 2.35. The maximum Gasteiger partial charge on any atom is 0.0590 e. The van der Waals surface area contributed by atoms with Crippen molar-refractivity contribution in [3.63, 3.8) is 0 Å². The number of thiophene rings is 2. The van der Waals surface area contributed by atoms with E-state index in [2.05, 4.69) is 90.2 Å². The molecule has 0 unspecified atom stereocenters. The van der Waals surface area contributed by atoms with Crippen LogP contribution in [-0.2, 0) is 0 Å². The summed E-state index contributed by atoms with van der Waals surface area (Å²) in [6, 6.07) is 30.4. The van der Waals surface area contributed by atoms with E-state index in [1.165, 1.54) is 51.7 Å². The van der Waals surface area contributed by atoms with Crippen molar-refractivity contribution < 1.29 is 0 Å². The highest BCUT2D eigenvalue weighted by Crippen LogP contribution is 2.42. The molecule has 0 aliphatic heterocycles. The van der Waals surface area contributed by atoms with Crippen molar-refractivity contribution in [3.8, 4) is 0 Å². The average molecular weight is 382 g/mol. The van der Waals surface area contributed by atoms with Crippen molar-refractivity contribution in [1.82, 2.24) is 0 Å². The molecule has 3 heteroatoms. The fourth-order valence-electron chi connectivity index (χ4n) is 3.87. The maximum absolute atomic E-state index is 3.75. The number of anilines is 2. The van der Waals surface area contributed by atoms with Crippen molar-refractivity contribution in [1.29, 1.82) is 0 Å². The van der Waals surface area contributed by atoms with Crippen LogP contribution in [0.25, 0.3) is 40.3 Å². The molecule has 0 saturated heterocycles. The molecule has 0 atom stereocenters. The Kier molecular flexibility index (Phi) is 3.27. The predicted octanol–water partition coefficient (Wildman–Crippen LogP) is 8.17. The van der Waals surface area contributed by atoms with E-state index >= 15 is 0 Å². The van der Waals surface area contributed by atoms with Crippen molar-refractivity contribution in [2.24, 2.45) is 0 Å². The topological polar surface area (TPSA) is 12.0 Å². The molecule has 6 aromatic rings. The minimum absolute atomic E-state index is 1.18. The van der Waals surface area contributed by atoms with E-state index in [0.29, 0.717) is 0 Å². The van der Waals surface area contributed by atoms with Gasteiger partial charge in [0.05, 0.1) is 10.4 Å². The van der Waals surface area contributed by atoms with Gasteiger partial charge >= 0.3 is 0 Å². The lowest BCUT2D eigenvalue weighted by Gasteiger charge is -2.09. The van der Waals surface area contributed by atoms with Crippen molar-refractivity contribution in [2.75, 3.05) is 5.32 Å². The molecule has 2 heterocycles. The molecule has 128 valence electrons. The van der Waals surface area contributed by atoms with Crippen LogP contribution in [0.15, 0.2) is 84.9 Å². The highest BCUT2D eigenvalue weighted by atomic mass is 32.1. The molecule has 0 amide bonds. The molecule has 0 aliphatic carbocycles. The summed E-state index contributed by atoms with van der Waals surface area (Å²) in [5.74, 6) is 0. The number of fused-ring (bicyclic) bond motifs is 6. The van der Waals surface area contributed by atoms with Gasteiger partial charge in [-0.1, -0.05) is 54.6 Å². The Labute approximate surface area is 164 Å². The van der Waals surface area contributed by atoms with Gasteiger partial charge in [-0.2, -0.15) is 0 Å². The van der Waals surface area contributed by atoms with E-state index in [1.807, 2.05) is 22.7 Å². The monoisotopic (exact) mass is 381 g/mol. The van der Waals surface area contributed by atoms with Gasteiger partial charge in [-0.15, -0.1) is 22.7 Å². The Balaban J connectivity index is 1.60. The largest absolute Gasteiger partial charge is 0.354 e. The van der Waals surface area contributed by atoms with E-state index in [-0.39, 0.29) is 0 Å². The SMILES string of the molecule is c1ccc2c(c1)sc1c(Nc3cccc4sc5ccccc5c34)cccc12. The zero-order valence-corrected chi connectivity index (χ0v) is 16.0. The van der Waals surface area contributed by atoms with E-state index in [0.717, 1.165) is 0 Å². The van der Waals surface area contributed by atoms with Gasteiger partial charge in [-0.3, -0.25) is 0 Å². The van der Waals surface area contributed by atoms with Gasteiger partial charge in [0.25, 0.3) is 0 Å². The summed E-state index contributed by atoms with van der Waals surface area (Å²) in [4.78, 5) is 0. The van der Waals surface area contributed by atoms with Gasteiger partial charge in [0.2, 0.25) is 0 Å². The molecule has 0 aliphatic rings. The van der Waals surface area contributed by atoms with Crippen molar-refractivity contribution >= 4 is 74.4 Å². The molecule has 27 heavy (non-hydrogen) atoms. The summed E-state index contributed by atoms with van der Waals surface area (Å²) >= 11 is 3.72. The highest BCUT2D eigenvalue weighted by molar-refractivity contribution is 7.26. The first-order valence-electron chi connectivity index (χ1n) is 8.96. The fourth-order valence-corrected chi connectivity index (χ4v) is 6.17. The van der Waals surface area contributed by atoms with Crippen LogP contribution in [0.1, 0.15) is 0 Å². The number of benzene rings is 4. The van der Waals surface area contributed by atoms with Gasteiger partial charge < -0.3 is 5.32 Å². The first kappa shape index (κ1) is 15.2. The van der Waals surface area contributed by atoms with E-state index < -0.39 is 0 Å². The Hall–Kier alpha value is -2.88. The van der Waals surface area contributed by atoms with Crippen LogP contribution < -0.4 is 5.32 Å². The van der Waals surface area contributed by atoms with Crippen LogP contribution in [-0.4, -0.2) is 0 Å². The van der Waals surface area contributed by atoms with Gasteiger partial charge in [0, 0.05) is 41.3 Å². The molecule has 0 fully saturated rings. The lowest BCUT2D eigenvalue weighted by Crippen LogP contribution is -1.90. The van der Waals surface area contributed by atoms with Gasteiger partial charge in [-0.05, 0) is 30.3 Å². The molecule has 1 N–H and O–H groups in total. The normalized spacial score (nSPS) is 11.7. The molecule has 2 aromatic heterocycles. The van der Waals surface area contributed by atoms with Crippen LogP contribution in [0.4, 0.5) is 11.4 Å². The Bertz CT molecular complexity index is 1460. The number of rotatable bonds is 2. The van der Waals surface area contributed by atoms with E-state index in [9.17, 15) is 0 Å². The Morgan fingerprint density at radius 1 is 0.481 bits per heavy atom. The molecule has 4 aromatic carbocycles. The maximum atomic E-state index is 3.75. The van der Waals surface area contributed by atoms with Crippen LogP contribution in [0.5, 0.6) is 0 Å². The summed E-state index contributed by atoms with van der Waals surface area (Å²) in [7, 11) is 0. The van der Waals surface area contributed by atoms with E-state index in [4.69, 9.17) is 0 Å². The van der Waals surface area contributed by atoms with Gasteiger partial charge in [-0.25, -0.2) is 0 Å². The van der Waals surface area contributed by atoms with Crippen molar-refractivity contribution in [2.45, 2.75) is 0 Å². The zero-order valence-electron chi connectivity index (χ0n) is 14.4. The molecule has 1 nitrogen and oxygen atoms in total. The van der Waals surface area contributed by atoms with Crippen molar-refractivity contribution in [3.05, 3.63) is 84.9 Å². The molecule has 0 bridgehead atoms. The average Bonchev–Trinajstić information content (AvgIpc) is 3.27. The first-order valence-corrected chi connectivity index (χ1v) is 10.6. The molecular formula is C24H15NS2. The third kappa shape index (κ3) is 2.29. The third-order valence-electron chi connectivity index (χ3n) is 5.08. The number of hydrogen-bond acceptors (Lipinski definition) is 3. The summed E-state index contributed by atoms with van der Waals surface area (Å²) < 4.78 is 5.31. The second kappa shape index (κ2) is 5.81. The zero-order chi connectivity index (χ0) is 17.8. The minimum Gasteiger partial charge on any atom is -0.354 e. The standard InChI is InChI=1S/C24H15NS2/c1-3-12-20-15(7-1)16-9-5-11-19(24(16)27-20)25-18-10-6-14-22-23(18)17-8-2-4-13-21(17)26-22/h1-14,25H. The minimum atomic E-state index is 1.18. The van der Waals surface area contributed by atoms with Crippen LogP contribution >= 0.6 is 22.7 Å². The number of hydrogen-bond donors (Lipinski definition) is 1. The summed E-state index contributed by atoms with van der Waals surface area (Å²) in [6.45, 7) is 0. The van der Waals surface area contributed by atoms with Gasteiger partial charge in [0.15, 0.2) is 0 Å².